The number of nitrogens with two attached hydrogens (primary N) is 1. The largest absolute Gasteiger partial charge is 0.396 e. The van der Waals surface area contributed by atoms with Gasteiger partial charge in [-0.25, -0.2) is 4.98 Å². The fourth-order valence-electron chi connectivity index (χ4n) is 3.45. The number of rotatable bonds is 1. The van der Waals surface area contributed by atoms with E-state index in [-0.39, 0.29) is 0 Å². The van der Waals surface area contributed by atoms with Crippen LogP contribution in [0.1, 0.15) is 37.7 Å². The SMILES string of the molecule is N#Cc1cnc(N2CCC3(CCCC3)C2)c(N)c1. The first-order chi connectivity index (χ1) is 8.72. The van der Waals surface area contributed by atoms with Gasteiger partial charge in [0, 0.05) is 19.3 Å². The summed E-state index contributed by atoms with van der Waals surface area (Å²) < 4.78 is 0. The number of nitrogen functional groups attached to an aromatic ring is 1. The van der Waals surface area contributed by atoms with Crippen molar-refractivity contribution in [3.63, 3.8) is 0 Å². The normalized spacial score (nSPS) is 21.4. The highest BCUT2D eigenvalue weighted by Gasteiger charge is 2.40. The molecule has 0 bridgehead atoms. The van der Waals surface area contributed by atoms with Gasteiger partial charge in [-0.2, -0.15) is 5.26 Å². The van der Waals surface area contributed by atoms with Crippen molar-refractivity contribution < 1.29 is 0 Å². The maximum Gasteiger partial charge on any atom is 0.151 e. The molecule has 1 saturated heterocycles. The maximum absolute atomic E-state index is 8.83. The van der Waals surface area contributed by atoms with Crippen LogP contribution >= 0.6 is 0 Å². The van der Waals surface area contributed by atoms with Gasteiger partial charge in [0.15, 0.2) is 5.82 Å². The highest BCUT2D eigenvalue weighted by Crippen LogP contribution is 2.46. The molecule has 2 N–H and O–H groups in total. The van der Waals surface area contributed by atoms with Crippen LogP contribution in [0.2, 0.25) is 0 Å². The molecule has 1 aliphatic carbocycles. The van der Waals surface area contributed by atoms with Gasteiger partial charge < -0.3 is 10.6 Å². The van der Waals surface area contributed by atoms with Gasteiger partial charge in [-0.1, -0.05) is 12.8 Å². The molecule has 0 aromatic carbocycles. The molecule has 4 nitrogen and oxygen atoms in total. The van der Waals surface area contributed by atoms with Gasteiger partial charge in [-0.15, -0.1) is 0 Å². The zero-order valence-corrected chi connectivity index (χ0v) is 10.5. The molecule has 0 atom stereocenters. The first-order valence-electron chi connectivity index (χ1n) is 6.63. The molecule has 2 fully saturated rings. The zero-order chi connectivity index (χ0) is 12.6. The number of nitrogens with zero attached hydrogens (tertiary/aromatic N) is 3. The lowest BCUT2D eigenvalue weighted by molar-refractivity contribution is 0.340. The topological polar surface area (TPSA) is 65.9 Å². The number of hydrogen-bond donors (Lipinski definition) is 1. The van der Waals surface area contributed by atoms with Crippen molar-refractivity contribution in [3.8, 4) is 6.07 Å². The third-order valence-electron chi connectivity index (χ3n) is 4.43. The third-order valence-corrected chi connectivity index (χ3v) is 4.43. The van der Waals surface area contributed by atoms with Crippen molar-refractivity contribution in [3.05, 3.63) is 17.8 Å². The fourth-order valence-corrected chi connectivity index (χ4v) is 3.45. The Bertz CT molecular complexity index is 497. The van der Waals surface area contributed by atoms with Crippen molar-refractivity contribution >= 4 is 11.5 Å². The molecule has 18 heavy (non-hydrogen) atoms. The average molecular weight is 242 g/mol. The lowest BCUT2D eigenvalue weighted by Gasteiger charge is -2.24. The number of aromatic nitrogens is 1. The molecule has 4 heteroatoms. The third kappa shape index (κ3) is 1.80. The van der Waals surface area contributed by atoms with Crippen LogP contribution in [-0.4, -0.2) is 18.1 Å². The van der Waals surface area contributed by atoms with Crippen molar-refractivity contribution in [1.29, 1.82) is 5.26 Å². The summed E-state index contributed by atoms with van der Waals surface area (Å²) in [5.74, 6) is 0.859. The lowest BCUT2D eigenvalue weighted by Crippen LogP contribution is -2.26. The van der Waals surface area contributed by atoms with E-state index in [0.717, 1.165) is 18.9 Å². The van der Waals surface area contributed by atoms with Gasteiger partial charge in [0.05, 0.1) is 11.3 Å². The minimum absolute atomic E-state index is 0.516. The predicted molar refractivity (Wildman–Crippen MR) is 71.1 cm³/mol. The van der Waals surface area contributed by atoms with Crippen LogP contribution in [0, 0.1) is 16.7 Å². The van der Waals surface area contributed by atoms with Crippen molar-refractivity contribution in [1.82, 2.24) is 4.98 Å². The molecule has 0 unspecified atom stereocenters. The molecular formula is C14H18N4. The smallest absolute Gasteiger partial charge is 0.151 e. The number of hydrogen-bond acceptors (Lipinski definition) is 4. The molecule has 0 amide bonds. The van der Waals surface area contributed by atoms with Crippen LogP contribution in [-0.2, 0) is 0 Å². The molecule has 3 rings (SSSR count). The molecule has 1 aromatic rings. The highest BCUT2D eigenvalue weighted by molar-refractivity contribution is 5.65. The summed E-state index contributed by atoms with van der Waals surface area (Å²) in [6, 6.07) is 3.80. The first kappa shape index (κ1) is 11.3. The summed E-state index contributed by atoms with van der Waals surface area (Å²) in [7, 11) is 0. The Kier molecular flexibility index (Phi) is 2.62. The van der Waals surface area contributed by atoms with Gasteiger partial charge in [-0.3, -0.25) is 0 Å². The Morgan fingerprint density at radius 1 is 1.33 bits per heavy atom. The maximum atomic E-state index is 8.83. The van der Waals surface area contributed by atoms with Crippen LogP contribution in [0.25, 0.3) is 0 Å². The zero-order valence-electron chi connectivity index (χ0n) is 10.5. The quantitative estimate of drug-likeness (QED) is 0.820. The van der Waals surface area contributed by atoms with E-state index < -0.39 is 0 Å². The standard InChI is InChI=1S/C14H18N4/c15-8-11-7-12(16)13(17-9-11)18-6-5-14(10-18)3-1-2-4-14/h7,9H,1-6,10,16H2. The van der Waals surface area contributed by atoms with Crippen LogP contribution in [0.5, 0.6) is 0 Å². The Balaban J connectivity index is 1.82. The minimum atomic E-state index is 0.516. The number of anilines is 2. The van der Waals surface area contributed by atoms with E-state index in [1.54, 1.807) is 12.3 Å². The molecule has 1 spiro atoms. The Labute approximate surface area is 107 Å². The van der Waals surface area contributed by atoms with E-state index in [0.29, 0.717) is 16.7 Å². The lowest BCUT2D eigenvalue weighted by atomic mass is 9.86. The number of pyridine rings is 1. The van der Waals surface area contributed by atoms with E-state index >= 15 is 0 Å². The second-order valence-electron chi connectivity index (χ2n) is 5.63. The van der Waals surface area contributed by atoms with Gasteiger partial charge in [0.1, 0.15) is 6.07 Å². The molecule has 0 radical (unpaired) electrons. The van der Waals surface area contributed by atoms with Crippen LogP contribution in [0.4, 0.5) is 11.5 Å². The van der Waals surface area contributed by atoms with Gasteiger partial charge in [0.2, 0.25) is 0 Å². The van der Waals surface area contributed by atoms with E-state index in [2.05, 4.69) is 16.0 Å². The first-order valence-corrected chi connectivity index (χ1v) is 6.63. The van der Waals surface area contributed by atoms with E-state index in [9.17, 15) is 0 Å². The molecule has 1 aliphatic heterocycles. The highest BCUT2D eigenvalue weighted by atomic mass is 15.2. The molecule has 2 heterocycles. The predicted octanol–water partition coefficient (Wildman–Crippen LogP) is 2.31. The summed E-state index contributed by atoms with van der Waals surface area (Å²) >= 11 is 0. The molecule has 2 aliphatic rings. The summed E-state index contributed by atoms with van der Waals surface area (Å²) in [6.07, 6.45) is 8.30. The van der Waals surface area contributed by atoms with Gasteiger partial charge in [-0.05, 0) is 30.7 Å². The van der Waals surface area contributed by atoms with E-state index in [1.807, 2.05) is 0 Å². The Morgan fingerprint density at radius 3 is 2.78 bits per heavy atom. The van der Waals surface area contributed by atoms with Crippen LogP contribution in [0.15, 0.2) is 12.3 Å². The van der Waals surface area contributed by atoms with Crippen molar-refractivity contribution in [2.45, 2.75) is 32.1 Å². The molecular weight excluding hydrogens is 224 g/mol. The fraction of sp³-hybridized carbons (Fsp3) is 0.571. The summed E-state index contributed by atoms with van der Waals surface area (Å²) in [5, 5.41) is 8.83. The molecule has 1 aromatic heterocycles. The van der Waals surface area contributed by atoms with Crippen molar-refractivity contribution in [2.24, 2.45) is 5.41 Å². The van der Waals surface area contributed by atoms with Gasteiger partial charge in [0.25, 0.3) is 0 Å². The Morgan fingerprint density at radius 2 is 2.11 bits per heavy atom. The molecule has 1 saturated carbocycles. The monoisotopic (exact) mass is 242 g/mol. The van der Waals surface area contributed by atoms with Crippen LogP contribution in [0.3, 0.4) is 0 Å². The molecule has 94 valence electrons. The van der Waals surface area contributed by atoms with Gasteiger partial charge >= 0.3 is 0 Å². The summed E-state index contributed by atoms with van der Waals surface area (Å²) in [5.41, 5.74) is 7.69. The summed E-state index contributed by atoms with van der Waals surface area (Å²) in [4.78, 5) is 6.66. The van der Waals surface area contributed by atoms with E-state index in [1.165, 1.54) is 32.1 Å². The number of nitriles is 1. The van der Waals surface area contributed by atoms with Crippen LogP contribution < -0.4 is 10.6 Å². The second-order valence-corrected chi connectivity index (χ2v) is 5.63. The Hall–Kier alpha value is -1.76. The van der Waals surface area contributed by atoms with Crippen molar-refractivity contribution in [2.75, 3.05) is 23.7 Å². The second kappa shape index (κ2) is 4.16. The average Bonchev–Trinajstić information content (AvgIpc) is 3.00. The minimum Gasteiger partial charge on any atom is -0.396 e. The van der Waals surface area contributed by atoms with E-state index in [4.69, 9.17) is 11.0 Å². The summed E-state index contributed by atoms with van der Waals surface area (Å²) in [6.45, 7) is 2.12.